The van der Waals surface area contributed by atoms with Gasteiger partial charge in [0, 0.05) is 10.2 Å². The van der Waals surface area contributed by atoms with Gasteiger partial charge in [0.1, 0.15) is 5.75 Å². The van der Waals surface area contributed by atoms with Crippen molar-refractivity contribution in [1.82, 2.24) is 0 Å². The second-order valence-corrected chi connectivity index (χ2v) is 18.0. The first-order valence-electron chi connectivity index (χ1n) is 14.7. The SMILES string of the molecule is COc1ccc(-c2scc(P(C3CCCC3)C3CCCC3)c2P(C2CCCC2)C2CCCC2)cc1. The Morgan fingerprint density at radius 3 is 1.49 bits per heavy atom. The van der Waals surface area contributed by atoms with Crippen LogP contribution in [0.15, 0.2) is 29.6 Å². The van der Waals surface area contributed by atoms with Crippen LogP contribution in [0.4, 0.5) is 0 Å². The zero-order chi connectivity index (χ0) is 23.6. The average Bonchev–Trinajstić information content (AvgIpc) is 3.73. The molecular weight excluding hydrogens is 482 g/mol. The van der Waals surface area contributed by atoms with Crippen LogP contribution in [0, 0.1) is 0 Å². The first-order valence-corrected chi connectivity index (χ1v) is 18.5. The summed E-state index contributed by atoms with van der Waals surface area (Å²) in [5.74, 6) is 0.986. The third-order valence-electron chi connectivity index (χ3n) is 9.51. The molecule has 0 spiro atoms. The monoisotopic (exact) mass is 526 g/mol. The molecule has 190 valence electrons. The van der Waals surface area contributed by atoms with Crippen molar-refractivity contribution in [3.63, 3.8) is 0 Å². The Kier molecular flexibility index (Phi) is 8.21. The van der Waals surface area contributed by atoms with Crippen LogP contribution in [0.1, 0.15) is 103 Å². The van der Waals surface area contributed by atoms with E-state index in [2.05, 4.69) is 41.0 Å². The van der Waals surface area contributed by atoms with E-state index in [-0.39, 0.29) is 15.8 Å². The second kappa shape index (κ2) is 11.5. The minimum atomic E-state index is -0.0633. The first-order chi connectivity index (χ1) is 17.3. The lowest BCUT2D eigenvalue weighted by molar-refractivity contribution is 0.415. The predicted molar refractivity (Wildman–Crippen MR) is 158 cm³/mol. The van der Waals surface area contributed by atoms with Crippen LogP contribution in [-0.4, -0.2) is 29.7 Å². The Hall–Kier alpha value is -0.420. The fourth-order valence-electron chi connectivity index (χ4n) is 7.81. The molecule has 0 saturated heterocycles. The van der Waals surface area contributed by atoms with Crippen molar-refractivity contribution >= 4 is 37.8 Å². The molecule has 0 N–H and O–H groups in total. The Bertz CT molecular complexity index is 913. The van der Waals surface area contributed by atoms with Crippen molar-refractivity contribution in [2.45, 2.75) is 125 Å². The molecule has 2 aromatic rings. The summed E-state index contributed by atoms with van der Waals surface area (Å²) in [6.07, 6.45) is 23.9. The number of rotatable bonds is 8. The van der Waals surface area contributed by atoms with E-state index in [0.717, 1.165) is 28.4 Å². The Balaban J connectivity index is 1.49. The summed E-state index contributed by atoms with van der Waals surface area (Å²) < 4.78 is 5.53. The van der Waals surface area contributed by atoms with Crippen molar-refractivity contribution in [2.75, 3.05) is 7.11 Å². The molecule has 1 aromatic heterocycles. The summed E-state index contributed by atoms with van der Waals surface area (Å²) in [6.45, 7) is 0. The standard InChI is InChI=1S/C31H44OP2S/c1-32-24-20-18-23(19-21-24)31-30(34(27-14-6-7-15-27)28-16-8-9-17-28)29(22-35-31)33(25-10-2-3-11-25)26-12-4-5-13-26/h18-22,25-28H,2-17H2,1H3. The molecule has 0 bridgehead atoms. The zero-order valence-corrected chi connectivity index (χ0v) is 24.3. The third kappa shape index (κ3) is 5.16. The molecule has 0 radical (unpaired) electrons. The van der Waals surface area contributed by atoms with E-state index < -0.39 is 0 Å². The maximum absolute atomic E-state index is 5.53. The number of ether oxygens (including phenoxy) is 1. The van der Waals surface area contributed by atoms with E-state index >= 15 is 0 Å². The molecule has 4 saturated carbocycles. The van der Waals surface area contributed by atoms with Gasteiger partial charge in [-0.15, -0.1) is 11.3 Å². The summed E-state index contributed by atoms with van der Waals surface area (Å²) >= 11 is 2.13. The largest absolute Gasteiger partial charge is 0.497 e. The molecule has 4 aliphatic rings. The van der Waals surface area contributed by atoms with Crippen molar-refractivity contribution in [1.29, 1.82) is 0 Å². The van der Waals surface area contributed by atoms with Crippen LogP contribution in [-0.2, 0) is 0 Å². The molecule has 0 atom stereocenters. The molecule has 0 amide bonds. The van der Waals surface area contributed by atoms with Crippen molar-refractivity contribution in [3.8, 4) is 16.2 Å². The Morgan fingerprint density at radius 2 is 1.06 bits per heavy atom. The third-order valence-corrected chi connectivity index (χ3v) is 18.1. The quantitative estimate of drug-likeness (QED) is 0.311. The van der Waals surface area contributed by atoms with Gasteiger partial charge >= 0.3 is 0 Å². The lowest BCUT2D eigenvalue weighted by Crippen LogP contribution is -2.32. The molecule has 4 heteroatoms. The van der Waals surface area contributed by atoms with E-state index in [1.807, 2.05) is 10.6 Å². The predicted octanol–water partition coefficient (Wildman–Crippen LogP) is 9.41. The Morgan fingerprint density at radius 1 is 0.629 bits per heavy atom. The average molecular weight is 527 g/mol. The van der Waals surface area contributed by atoms with E-state index in [1.165, 1.54) is 108 Å². The van der Waals surface area contributed by atoms with E-state index in [1.54, 1.807) is 12.0 Å². The lowest BCUT2D eigenvalue weighted by atomic mass is 10.2. The van der Waals surface area contributed by atoms with Gasteiger partial charge in [0.25, 0.3) is 0 Å². The van der Waals surface area contributed by atoms with Gasteiger partial charge in [-0.2, -0.15) is 0 Å². The van der Waals surface area contributed by atoms with Crippen molar-refractivity contribution in [2.24, 2.45) is 0 Å². The fourth-order valence-corrected chi connectivity index (χ4v) is 18.1. The molecule has 4 fully saturated rings. The number of hydrogen-bond donors (Lipinski definition) is 0. The van der Waals surface area contributed by atoms with Gasteiger partial charge in [0.2, 0.25) is 0 Å². The van der Waals surface area contributed by atoms with Gasteiger partial charge in [-0.05, 0) is 115 Å². The van der Waals surface area contributed by atoms with Crippen LogP contribution in [0.2, 0.25) is 0 Å². The molecule has 1 nitrogen and oxygen atoms in total. The molecule has 4 aliphatic carbocycles. The van der Waals surface area contributed by atoms with Crippen LogP contribution >= 0.6 is 27.2 Å². The van der Waals surface area contributed by atoms with Gasteiger partial charge < -0.3 is 4.74 Å². The molecule has 6 rings (SSSR count). The highest BCUT2D eigenvalue weighted by atomic mass is 32.1. The van der Waals surface area contributed by atoms with Gasteiger partial charge in [-0.1, -0.05) is 67.2 Å². The van der Waals surface area contributed by atoms with E-state index in [0.29, 0.717) is 0 Å². The summed E-state index contributed by atoms with van der Waals surface area (Å²) in [6, 6.07) is 9.12. The number of benzene rings is 1. The second-order valence-electron chi connectivity index (χ2n) is 11.6. The van der Waals surface area contributed by atoms with E-state index in [9.17, 15) is 0 Å². The summed E-state index contributed by atoms with van der Waals surface area (Å²) in [4.78, 5) is 1.66. The highest BCUT2D eigenvalue weighted by Gasteiger charge is 2.42. The minimum Gasteiger partial charge on any atom is -0.497 e. The number of hydrogen-bond acceptors (Lipinski definition) is 2. The fraction of sp³-hybridized carbons (Fsp3) is 0.677. The highest BCUT2D eigenvalue weighted by molar-refractivity contribution is 7.74. The number of methoxy groups -OCH3 is 1. The minimum absolute atomic E-state index is 0.0169. The lowest BCUT2D eigenvalue weighted by Gasteiger charge is -2.36. The van der Waals surface area contributed by atoms with Gasteiger partial charge in [0.05, 0.1) is 7.11 Å². The maximum atomic E-state index is 5.53. The summed E-state index contributed by atoms with van der Waals surface area (Å²) in [5.41, 5.74) is 5.46. The molecule has 1 heterocycles. The smallest absolute Gasteiger partial charge is 0.118 e. The van der Waals surface area contributed by atoms with Gasteiger partial charge in [-0.25, -0.2) is 0 Å². The topological polar surface area (TPSA) is 9.23 Å². The van der Waals surface area contributed by atoms with E-state index in [4.69, 9.17) is 4.74 Å². The van der Waals surface area contributed by atoms with Crippen LogP contribution < -0.4 is 15.3 Å². The first kappa shape index (κ1) is 24.9. The Labute approximate surface area is 220 Å². The van der Waals surface area contributed by atoms with Gasteiger partial charge in [-0.3, -0.25) is 0 Å². The zero-order valence-electron chi connectivity index (χ0n) is 21.7. The van der Waals surface area contributed by atoms with Gasteiger partial charge in [0.15, 0.2) is 0 Å². The normalized spacial score (nSPS) is 22.9. The highest BCUT2D eigenvalue weighted by Crippen LogP contribution is 2.62. The van der Waals surface area contributed by atoms with Crippen molar-refractivity contribution < 1.29 is 4.74 Å². The van der Waals surface area contributed by atoms with Crippen LogP contribution in [0.3, 0.4) is 0 Å². The molecular formula is C31H44OP2S. The maximum Gasteiger partial charge on any atom is 0.118 e. The molecule has 35 heavy (non-hydrogen) atoms. The summed E-state index contributed by atoms with van der Waals surface area (Å²) in [7, 11) is 1.71. The van der Waals surface area contributed by atoms with Crippen LogP contribution in [0.25, 0.3) is 10.4 Å². The molecule has 0 unspecified atom stereocenters. The van der Waals surface area contributed by atoms with Crippen LogP contribution in [0.5, 0.6) is 5.75 Å². The molecule has 1 aromatic carbocycles. The van der Waals surface area contributed by atoms with Crippen molar-refractivity contribution in [3.05, 3.63) is 29.6 Å². The molecule has 0 aliphatic heterocycles. The number of thiophene rings is 1. The summed E-state index contributed by atoms with van der Waals surface area (Å²) in [5, 5.41) is 6.61.